The Morgan fingerprint density at radius 3 is 0.731 bits per heavy atom. The van der Waals surface area contributed by atoms with Crippen LogP contribution in [0.3, 0.4) is 0 Å². The number of fused-ring (bicyclic) bond motifs is 4. The zero-order valence-electron chi connectivity index (χ0n) is 14.4. The molecule has 0 saturated heterocycles. The van der Waals surface area contributed by atoms with E-state index in [0.29, 0.717) is 0 Å². The van der Waals surface area contributed by atoms with Gasteiger partial charge in [-0.15, -0.1) is 0 Å². The van der Waals surface area contributed by atoms with Crippen molar-refractivity contribution < 1.29 is 0 Å². The second-order valence-corrected chi connectivity index (χ2v) is 6.70. The first-order valence-corrected chi connectivity index (χ1v) is 8.95. The third-order valence-corrected chi connectivity index (χ3v) is 5.05. The van der Waals surface area contributed by atoms with Crippen molar-refractivity contribution in [1.82, 2.24) is 0 Å². The molecule has 5 aromatic rings. The molecule has 122 valence electrons. The van der Waals surface area contributed by atoms with Crippen molar-refractivity contribution in [2.75, 3.05) is 0 Å². The fourth-order valence-corrected chi connectivity index (χ4v) is 3.59. The Balaban J connectivity index is 1.86. The van der Waals surface area contributed by atoms with Crippen LogP contribution < -0.4 is 0 Å². The molecule has 26 heavy (non-hydrogen) atoms. The summed E-state index contributed by atoms with van der Waals surface area (Å²) < 4.78 is 0. The largest absolute Gasteiger partial charge is 0.0616 e. The van der Waals surface area contributed by atoms with E-state index in [9.17, 15) is 0 Å². The minimum absolute atomic E-state index is 1.25. The van der Waals surface area contributed by atoms with E-state index < -0.39 is 0 Å². The van der Waals surface area contributed by atoms with E-state index >= 15 is 0 Å². The van der Waals surface area contributed by atoms with Gasteiger partial charge in [0.25, 0.3) is 0 Å². The molecule has 0 amide bonds. The van der Waals surface area contributed by atoms with Crippen LogP contribution in [0.1, 0.15) is 0 Å². The van der Waals surface area contributed by atoms with Gasteiger partial charge in [-0.25, -0.2) is 0 Å². The van der Waals surface area contributed by atoms with Crippen LogP contribution in [0.4, 0.5) is 0 Å². The normalized spacial score (nSPS) is 11.1. The third kappa shape index (κ3) is 2.66. The molecule has 5 aromatic carbocycles. The first-order chi connectivity index (χ1) is 12.9. The van der Waals surface area contributed by atoms with Gasteiger partial charge in [-0.3, -0.25) is 0 Å². The molecular weight excluding hydrogens is 312 g/mol. The van der Waals surface area contributed by atoms with Crippen LogP contribution in [0, 0.1) is 0 Å². The van der Waals surface area contributed by atoms with E-state index in [1.165, 1.54) is 43.1 Å². The molecule has 0 bridgehead atoms. The fourth-order valence-electron chi connectivity index (χ4n) is 3.59. The molecule has 0 aromatic heterocycles. The van der Waals surface area contributed by atoms with Gasteiger partial charge in [0.1, 0.15) is 0 Å². The van der Waals surface area contributed by atoms with Gasteiger partial charge in [-0.1, -0.05) is 97.1 Å². The van der Waals surface area contributed by atoms with Crippen LogP contribution in [0.25, 0.3) is 43.1 Å². The molecule has 0 saturated carbocycles. The van der Waals surface area contributed by atoms with E-state index in [2.05, 4.69) is 109 Å². The average molecular weight is 330 g/mol. The zero-order chi connectivity index (χ0) is 17.3. The highest BCUT2D eigenvalue weighted by molar-refractivity contribution is 5.99. The topological polar surface area (TPSA) is 0 Å². The maximum atomic E-state index is 2.29. The number of hydrogen-bond donors (Lipinski definition) is 0. The van der Waals surface area contributed by atoms with Gasteiger partial charge < -0.3 is 0 Å². The number of benzene rings is 3. The number of hydrogen-bond acceptors (Lipinski definition) is 0. The molecule has 0 atom stereocenters. The van der Waals surface area contributed by atoms with Gasteiger partial charge >= 0.3 is 0 Å². The van der Waals surface area contributed by atoms with Crippen molar-refractivity contribution in [3.8, 4) is 0 Å². The molecule has 0 N–H and O–H groups in total. The van der Waals surface area contributed by atoms with Crippen LogP contribution >= 0.6 is 0 Å². The molecule has 0 nitrogen and oxygen atoms in total. The smallest absolute Gasteiger partial charge is 0.0177 e. The summed E-state index contributed by atoms with van der Waals surface area (Å²) in [6.45, 7) is 0. The molecule has 0 radical (unpaired) electrons. The average Bonchev–Trinajstić information content (AvgIpc) is 2.66. The lowest BCUT2D eigenvalue weighted by Gasteiger charge is -2.02. The standard InChI is InChI=1S/C26H18/c1-2-6-20-10-14-24-18-26-16-12-22-8-4-3-7-21(22)11-15-25(26)17-23(24)13-9-19(20)5-1/h1-18H. The lowest BCUT2D eigenvalue weighted by atomic mass is 10.0. The van der Waals surface area contributed by atoms with Crippen molar-refractivity contribution in [3.63, 3.8) is 0 Å². The Bertz CT molecular complexity index is 1120. The van der Waals surface area contributed by atoms with Gasteiger partial charge in [-0.2, -0.15) is 0 Å². The second kappa shape index (κ2) is 6.16. The maximum absolute atomic E-state index is 2.29. The molecule has 0 heteroatoms. The summed E-state index contributed by atoms with van der Waals surface area (Å²) in [6.07, 6.45) is 0. The van der Waals surface area contributed by atoms with Crippen molar-refractivity contribution in [1.29, 1.82) is 0 Å². The Morgan fingerprint density at radius 2 is 0.462 bits per heavy atom. The summed E-state index contributed by atoms with van der Waals surface area (Å²) in [7, 11) is 0. The van der Waals surface area contributed by atoms with Gasteiger partial charge in [0.2, 0.25) is 0 Å². The van der Waals surface area contributed by atoms with Crippen molar-refractivity contribution in [2.24, 2.45) is 0 Å². The highest BCUT2D eigenvalue weighted by Crippen LogP contribution is 2.24. The first kappa shape index (κ1) is 14.9. The van der Waals surface area contributed by atoms with Crippen molar-refractivity contribution in [2.45, 2.75) is 0 Å². The lowest BCUT2D eigenvalue weighted by Crippen LogP contribution is -1.75. The molecule has 0 aliphatic carbocycles. The Hall–Kier alpha value is -3.38. The highest BCUT2D eigenvalue weighted by atomic mass is 14.0. The Morgan fingerprint density at radius 1 is 0.231 bits per heavy atom. The predicted molar refractivity (Wildman–Crippen MR) is 114 cm³/mol. The van der Waals surface area contributed by atoms with Gasteiger partial charge in [0, 0.05) is 0 Å². The summed E-state index contributed by atoms with van der Waals surface area (Å²) in [4.78, 5) is 0. The molecule has 0 fully saturated rings. The minimum Gasteiger partial charge on any atom is -0.0616 e. The zero-order valence-corrected chi connectivity index (χ0v) is 14.4. The molecule has 0 heterocycles. The highest BCUT2D eigenvalue weighted by Gasteiger charge is 1.97. The summed E-state index contributed by atoms with van der Waals surface area (Å²) in [5.74, 6) is 0. The van der Waals surface area contributed by atoms with E-state index in [0.717, 1.165) is 0 Å². The monoisotopic (exact) mass is 330 g/mol. The second-order valence-electron chi connectivity index (χ2n) is 6.70. The van der Waals surface area contributed by atoms with E-state index in [1.807, 2.05) is 0 Å². The lowest BCUT2D eigenvalue weighted by molar-refractivity contribution is 1.77. The summed E-state index contributed by atoms with van der Waals surface area (Å²) >= 11 is 0. The third-order valence-electron chi connectivity index (χ3n) is 5.05. The first-order valence-electron chi connectivity index (χ1n) is 8.95. The van der Waals surface area contributed by atoms with Crippen molar-refractivity contribution >= 4 is 43.1 Å². The van der Waals surface area contributed by atoms with Crippen molar-refractivity contribution in [3.05, 3.63) is 109 Å². The molecule has 0 unspecified atom stereocenters. The summed E-state index contributed by atoms with van der Waals surface area (Å²) in [6, 6.07) is 39.3. The van der Waals surface area contributed by atoms with E-state index in [-0.39, 0.29) is 0 Å². The van der Waals surface area contributed by atoms with Gasteiger partial charge in [-0.05, 0) is 55.2 Å². The minimum atomic E-state index is 1.25. The fraction of sp³-hybridized carbons (Fsp3) is 0. The van der Waals surface area contributed by atoms with Crippen LogP contribution in [0.5, 0.6) is 0 Å². The van der Waals surface area contributed by atoms with Crippen LogP contribution in [-0.2, 0) is 0 Å². The molecule has 0 spiro atoms. The molecular formula is C26H18. The SMILES string of the molecule is c1ccc2ccc3cc4ccc5ccccc5ccc4cc3ccc2c1. The number of rotatable bonds is 0. The summed E-state index contributed by atoms with van der Waals surface area (Å²) in [5.41, 5.74) is 0. The maximum Gasteiger partial charge on any atom is -0.0177 e. The predicted octanol–water partition coefficient (Wildman–Crippen LogP) is 7.42. The van der Waals surface area contributed by atoms with Gasteiger partial charge in [0.15, 0.2) is 0 Å². The van der Waals surface area contributed by atoms with Crippen LogP contribution in [-0.4, -0.2) is 0 Å². The van der Waals surface area contributed by atoms with E-state index in [4.69, 9.17) is 0 Å². The quantitative estimate of drug-likeness (QED) is 0.277. The van der Waals surface area contributed by atoms with Crippen LogP contribution in [0.15, 0.2) is 109 Å². The Labute approximate surface area is 152 Å². The molecule has 0 aliphatic rings. The molecule has 5 rings (SSSR count). The molecule has 0 aliphatic heterocycles. The summed E-state index contributed by atoms with van der Waals surface area (Å²) in [5, 5.41) is 10.0. The van der Waals surface area contributed by atoms with E-state index in [1.54, 1.807) is 0 Å². The Kier molecular flexibility index (Phi) is 3.54. The van der Waals surface area contributed by atoms with Crippen LogP contribution in [0.2, 0.25) is 0 Å². The van der Waals surface area contributed by atoms with Gasteiger partial charge in [0.05, 0.1) is 0 Å².